The van der Waals surface area contributed by atoms with Crippen LogP contribution < -0.4 is 5.73 Å². The lowest BCUT2D eigenvalue weighted by Gasteiger charge is -2.27. The predicted molar refractivity (Wildman–Crippen MR) is 45.0 cm³/mol. The lowest BCUT2D eigenvalue weighted by Crippen LogP contribution is -2.36. The van der Waals surface area contributed by atoms with Crippen molar-refractivity contribution in [2.75, 3.05) is 0 Å². The minimum atomic E-state index is 0.598. The zero-order valence-corrected chi connectivity index (χ0v) is 7.00. The highest BCUT2D eigenvalue weighted by Gasteiger charge is 2.51. The lowest BCUT2D eigenvalue weighted by atomic mass is 9.82. The molecule has 3 aliphatic carbocycles. The molecule has 1 heteroatoms. The van der Waals surface area contributed by atoms with E-state index in [0.29, 0.717) is 6.04 Å². The second kappa shape index (κ2) is 2.01. The number of nitrogens with two attached hydrogens (primary N) is 1. The Morgan fingerprint density at radius 1 is 0.818 bits per heavy atom. The topological polar surface area (TPSA) is 26.0 Å². The van der Waals surface area contributed by atoms with Crippen LogP contribution in [0.25, 0.3) is 0 Å². The molecular formula is C10H17N. The summed E-state index contributed by atoms with van der Waals surface area (Å²) in [5, 5.41) is 0. The quantitative estimate of drug-likeness (QED) is 0.607. The highest BCUT2D eigenvalue weighted by atomic mass is 14.8. The van der Waals surface area contributed by atoms with Gasteiger partial charge >= 0.3 is 0 Å². The highest BCUT2D eigenvalue weighted by molar-refractivity contribution is 5.03. The maximum atomic E-state index is 6.21. The van der Waals surface area contributed by atoms with Crippen molar-refractivity contribution in [1.82, 2.24) is 0 Å². The molecule has 3 rings (SSSR count). The molecule has 0 aromatic heterocycles. The molecule has 0 saturated heterocycles. The summed E-state index contributed by atoms with van der Waals surface area (Å²) < 4.78 is 0. The first-order valence-electron chi connectivity index (χ1n) is 5.12. The predicted octanol–water partition coefficient (Wildman–Crippen LogP) is 1.77. The van der Waals surface area contributed by atoms with Gasteiger partial charge < -0.3 is 5.73 Å². The van der Waals surface area contributed by atoms with Crippen LogP contribution in [0.3, 0.4) is 0 Å². The molecular weight excluding hydrogens is 134 g/mol. The molecule has 62 valence electrons. The summed E-state index contributed by atoms with van der Waals surface area (Å²) in [5.41, 5.74) is 6.21. The molecule has 3 fully saturated rings. The van der Waals surface area contributed by atoms with Gasteiger partial charge in [-0.1, -0.05) is 0 Å². The lowest BCUT2D eigenvalue weighted by molar-refractivity contribution is 0.258. The van der Waals surface area contributed by atoms with Crippen molar-refractivity contribution < 1.29 is 0 Å². The number of hydrogen-bond acceptors (Lipinski definition) is 1. The minimum absolute atomic E-state index is 0.598. The Kier molecular flexibility index (Phi) is 1.18. The molecule has 0 heterocycles. The van der Waals surface area contributed by atoms with Gasteiger partial charge in [-0.05, 0) is 55.8 Å². The molecule has 0 unspecified atom stereocenters. The molecule has 0 radical (unpaired) electrons. The standard InChI is InChI=1S/C10H17N/c11-10-8-4-3-7(5-8)9(10)6-1-2-6/h6-10H,1-5,11H2/t7-,8+,9+,10+/m1/s1. The van der Waals surface area contributed by atoms with Gasteiger partial charge in [0.2, 0.25) is 0 Å². The Morgan fingerprint density at radius 3 is 2.00 bits per heavy atom. The summed E-state index contributed by atoms with van der Waals surface area (Å²) in [6.45, 7) is 0. The van der Waals surface area contributed by atoms with Crippen molar-refractivity contribution in [3.63, 3.8) is 0 Å². The zero-order chi connectivity index (χ0) is 7.42. The molecule has 2 bridgehead atoms. The van der Waals surface area contributed by atoms with Crippen LogP contribution >= 0.6 is 0 Å². The summed E-state index contributed by atoms with van der Waals surface area (Å²) in [5.74, 6) is 3.97. The summed E-state index contributed by atoms with van der Waals surface area (Å²) in [6, 6.07) is 0.598. The Bertz CT molecular complexity index is 172. The van der Waals surface area contributed by atoms with Crippen LogP contribution in [-0.2, 0) is 0 Å². The molecule has 2 N–H and O–H groups in total. The normalized spacial score (nSPS) is 55.4. The molecule has 0 aromatic carbocycles. The zero-order valence-electron chi connectivity index (χ0n) is 7.00. The van der Waals surface area contributed by atoms with Crippen molar-refractivity contribution in [3.8, 4) is 0 Å². The Balaban J connectivity index is 1.82. The molecule has 3 saturated carbocycles. The molecule has 3 aliphatic rings. The van der Waals surface area contributed by atoms with Crippen LogP contribution in [0, 0.1) is 23.7 Å². The SMILES string of the molecule is N[C@H]1[C@H]2CC[C@H](C2)[C@@H]1C1CC1. The minimum Gasteiger partial charge on any atom is -0.327 e. The van der Waals surface area contributed by atoms with Crippen LogP contribution in [0.2, 0.25) is 0 Å². The first-order valence-corrected chi connectivity index (χ1v) is 5.12. The number of fused-ring (bicyclic) bond motifs is 2. The van der Waals surface area contributed by atoms with E-state index in [4.69, 9.17) is 5.73 Å². The fraction of sp³-hybridized carbons (Fsp3) is 1.00. The van der Waals surface area contributed by atoms with E-state index in [2.05, 4.69) is 0 Å². The van der Waals surface area contributed by atoms with Crippen LogP contribution in [0.1, 0.15) is 32.1 Å². The van der Waals surface area contributed by atoms with Gasteiger partial charge in [-0.2, -0.15) is 0 Å². The van der Waals surface area contributed by atoms with Crippen LogP contribution in [0.4, 0.5) is 0 Å². The van der Waals surface area contributed by atoms with Crippen molar-refractivity contribution in [1.29, 1.82) is 0 Å². The summed E-state index contributed by atoms with van der Waals surface area (Å²) in [4.78, 5) is 0. The largest absolute Gasteiger partial charge is 0.327 e. The smallest absolute Gasteiger partial charge is 0.0101 e. The third-order valence-electron chi connectivity index (χ3n) is 4.21. The molecule has 0 aromatic rings. The van der Waals surface area contributed by atoms with Crippen molar-refractivity contribution in [2.45, 2.75) is 38.1 Å². The van der Waals surface area contributed by atoms with Crippen molar-refractivity contribution in [3.05, 3.63) is 0 Å². The molecule has 0 spiro atoms. The van der Waals surface area contributed by atoms with Gasteiger partial charge in [0.1, 0.15) is 0 Å². The Morgan fingerprint density at radius 2 is 1.45 bits per heavy atom. The van der Waals surface area contributed by atoms with Gasteiger partial charge in [0.05, 0.1) is 0 Å². The molecule has 11 heavy (non-hydrogen) atoms. The van der Waals surface area contributed by atoms with Crippen LogP contribution in [0.5, 0.6) is 0 Å². The van der Waals surface area contributed by atoms with E-state index in [1.807, 2.05) is 0 Å². The van der Waals surface area contributed by atoms with Gasteiger partial charge in [0.25, 0.3) is 0 Å². The fourth-order valence-electron chi connectivity index (χ4n) is 3.56. The van der Waals surface area contributed by atoms with Crippen molar-refractivity contribution in [2.24, 2.45) is 29.4 Å². The first-order chi connectivity index (χ1) is 5.36. The number of hydrogen-bond donors (Lipinski definition) is 1. The van der Waals surface area contributed by atoms with E-state index >= 15 is 0 Å². The van der Waals surface area contributed by atoms with Gasteiger partial charge in [0, 0.05) is 6.04 Å². The monoisotopic (exact) mass is 151 g/mol. The number of rotatable bonds is 1. The van der Waals surface area contributed by atoms with Gasteiger partial charge in [0.15, 0.2) is 0 Å². The third-order valence-corrected chi connectivity index (χ3v) is 4.21. The fourth-order valence-corrected chi connectivity index (χ4v) is 3.56. The van der Waals surface area contributed by atoms with E-state index in [1.54, 1.807) is 0 Å². The maximum Gasteiger partial charge on any atom is 0.0101 e. The molecule has 0 aliphatic heterocycles. The van der Waals surface area contributed by atoms with E-state index in [0.717, 1.165) is 23.7 Å². The maximum absolute atomic E-state index is 6.21. The third kappa shape index (κ3) is 0.807. The summed E-state index contributed by atoms with van der Waals surface area (Å²) >= 11 is 0. The van der Waals surface area contributed by atoms with Gasteiger partial charge in [-0.3, -0.25) is 0 Å². The second-order valence-electron chi connectivity index (χ2n) is 4.83. The van der Waals surface area contributed by atoms with E-state index in [-0.39, 0.29) is 0 Å². The molecule has 1 nitrogen and oxygen atoms in total. The van der Waals surface area contributed by atoms with Crippen LogP contribution in [0.15, 0.2) is 0 Å². The Hall–Kier alpha value is -0.0400. The highest BCUT2D eigenvalue weighted by Crippen LogP contribution is 2.55. The first kappa shape index (κ1) is 6.47. The molecule has 4 atom stereocenters. The average molecular weight is 151 g/mol. The van der Waals surface area contributed by atoms with Crippen molar-refractivity contribution >= 4 is 0 Å². The summed E-state index contributed by atoms with van der Waals surface area (Å²) in [6.07, 6.45) is 7.39. The van der Waals surface area contributed by atoms with Crippen LogP contribution in [-0.4, -0.2) is 6.04 Å². The Labute approximate surface area is 68.3 Å². The summed E-state index contributed by atoms with van der Waals surface area (Å²) in [7, 11) is 0. The van der Waals surface area contributed by atoms with E-state index in [9.17, 15) is 0 Å². The molecule has 0 amide bonds. The van der Waals surface area contributed by atoms with Gasteiger partial charge in [-0.25, -0.2) is 0 Å². The second-order valence-corrected chi connectivity index (χ2v) is 4.83. The average Bonchev–Trinajstić information content (AvgIpc) is 2.62. The van der Waals surface area contributed by atoms with E-state index < -0.39 is 0 Å². The van der Waals surface area contributed by atoms with E-state index in [1.165, 1.54) is 32.1 Å². The van der Waals surface area contributed by atoms with Gasteiger partial charge in [-0.15, -0.1) is 0 Å².